The summed E-state index contributed by atoms with van der Waals surface area (Å²) in [4.78, 5) is 14.1. The summed E-state index contributed by atoms with van der Waals surface area (Å²) in [6.45, 7) is 1.72. The molecule has 0 aliphatic rings. The van der Waals surface area contributed by atoms with Gasteiger partial charge in [-0.1, -0.05) is 0 Å². The van der Waals surface area contributed by atoms with E-state index < -0.39 is 0 Å². The Labute approximate surface area is 118 Å². The quantitative estimate of drug-likeness (QED) is 0.928. The summed E-state index contributed by atoms with van der Waals surface area (Å²) < 4.78 is 13.0. The lowest BCUT2D eigenvalue weighted by atomic mass is 10.1. The molecule has 0 saturated heterocycles. The number of anilines is 2. The number of carbonyl (C=O) groups is 1. The molecule has 3 nitrogen and oxygen atoms in total. The van der Waals surface area contributed by atoms with E-state index in [0.29, 0.717) is 16.8 Å². The molecule has 2 aromatic rings. The van der Waals surface area contributed by atoms with Crippen molar-refractivity contribution in [3.05, 3.63) is 59.4 Å². The molecule has 0 atom stereocenters. The summed E-state index contributed by atoms with van der Waals surface area (Å²) in [7, 11) is 3.91. The van der Waals surface area contributed by atoms with Crippen molar-refractivity contribution < 1.29 is 9.18 Å². The van der Waals surface area contributed by atoms with Crippen LogP contribution in [0.3, 0.4) is 0 Å². The predicted molar refractivity (Wildman–Crippen MR) is 79.9 cm³/mol. The summed E-state index contributed by atoms with van der Waals surface area (Å²) in [5.74, 6) is -0.575. The van der Waals surface area contributed by atoms with E-state index in [1.54, 1.807) is 6.92 Å². The van der Waals surface area contributed by atoms with Crippen LogP contribution in [0.1, 0.15) is 15.9 Å². The van der Waals surface area contributed by atoms with E-state index >= 15 is 0 Å². The summed E-state index contributed by atoms with van der Waals surface area (Å²) in [5, 5.41) is 2.80. The molecular weight excluding hydrogens is 255 g/mol. The van der Waals surface area contributed by atoms with E-state index in [9.17, 15) is 9.18 Å². The highest BCUT2D eigenvalue weighted by atomic mass is 19.1. The number of hydrogen-bond donors (Lipinski definition) is 1. The van der Waals surface area contributed by atoms with Gasteiger partial charge in [0.15, 0.2) is 0 Å². The van der Waals surface area contributed by atoms with Crippen molar-refractivity contribution in [1.82, 2.24) is 0 Å². The minimum absolute atomic E-state index is 0.236. The van der Waals surface area contributed by atoms with Crippen molar-refractivity contribution >= 4 is 17.3 Å². The van der Waals surface area contributed by atoms with Crippen molar-refractivity contribution in [3.8, 4) is 0 Å². The Kier molecular flexibility index (Phi) is 4.03. The van der Waals surface area contributed by atoms with Crippen LogP contribution in [0.4, 0.5) is 15.8 Å². The van der Waals surface area contributed by atoms with Crippen LogP contribution in [-0.2, 0) is 0 Å². The second kappa shape index (κ2) is 5.74. The van der Waals surface area contributed by atoms with E-state index in [0.717, 1.165) is 5.69 Å². The Morgan fingerprint density at radius 3 is 2.30 bits per heavy atom. The van der Waals surface area contributed by atoms with Crippen molar-refractivity contribution in [3.63, 3.8) is 0 Å². The highest BCUT2D eigenvalue weighted by molar-refractivity contribution is 6.05. The number of hydrogen-bond acceptors (Lipinski definition) is 2. The topological polar surface area (TPSA) is 32.3 Å². The van der Waals surface area contributed by atoms with E-state index in [1.807, 2.05) is 43.3 Å². The lowest BCUT2D eigenvalue weighted by Crippen LogP contribution is -2.14. The SMILES string of the molecule is Cc1cc(F)ccc1C(=O)Nc1ccc(N(C)C)cc1. The first-order valence-corrected chi connectivity index (χ1v) is 6.32. The Hall–Kier alpha value is -2.36. The fraction of sp³-hybridized carbons (Fsp3) is 0.188. The monoisotopic (exact) mass is 272 g/mol. The number of halogens is 1. The molecule has 1 N–H and O–H groups in total. The van der Waals surface area contributed by atoms with Crippen LogP contribution in [0.2, 0.25) is 0 Å². The summed E-state index contributed by atoms with van der Waals surface area (Å²) in [6, 6.07) is 11.7. The molecule has 0 fully saturated rings. The second-order valence-corrected chi connectivity index (χ2v) is 4.85. The number of nitrogens with one attached hydrogen (secondary N) is 1. The molecule has 0 spiro atoms. The molecule has 2 aromatic carbocycles. The molecule has 0 unspecified atom stereocenters. The molecule has 4 heteroatoms. The van der Waals surface area contributed by atoms with Gasteiger partial charge in [0.25, 0.3) is 5.91 Å². The number of nitrogens with zero attached hydrogens (tertiary/aromatic N) is 1. The molecule has 1 amide bonds. The first kappa shape index (κ1) is 14.1. The Morgan fingerprint density at radius 2 is 1.75 bits per heavy atom. The van der Waals surface area contributed by atoms with Gasteiger partial charge in [0, 0.05) is 31.0 Å². The average molecular weight is 272 g/mol. The largest absolute Gasteiger partial charge is 0.378 e. The van der Waals surface area contributed by atoms with Crippen LogP contribution >= 0.6 is 0 Å². The van der Waals surface area contributed by atoms with Gasteiger partial charge in [-0.25, -0.2) is 4.39 Å². The molecule has 0 saturated carbocycles. The van der Waals surface area contributed by atoms with Crippen LogP contribution in [0.5, 0.6) is 0 Å². The summed E-state index contributed by atoms with van der Waals surface area (Å²) in [5.41, 5.74) is 2.86. The van der Waals surface area contributed by atoms with Gasteiger partial charge in [0.1, 0.15) is 5.82 Å². The first-order chi connectivity index (χ1) is 9.47. The molecule has 20 heavy (non-hydrogen) atoms. The van der Waals surface area contributed by atoms with E-state index in [2.05, 4.69) is 5.32 Å². The first-order valence-electron chi connectivity index (χ1n) is 6.32. The maximum atomic E-state index is 13.0. The molecular formula is C16H17FN2O. The Balaban J connectivity index is 2.15. The fourth-order valence-electron chi connectivity index (χ4n) is 1.92. The molecule has 0 aliphatic heterocycles. The van der Waals surface area contributed by atoms with Crippen LogP contribution in [0, 0.1) is 12.7 Å². The van der Waals surface area contributed by atoms with Gasteiger partial charge in [-0.05, 0) is 55.0 Å². The summed E-state index contributed by atoms with van der Waals surface area (Å²) >= 11 is 0. The van der Waals surface area contributed by atoms with Crippen LogP contribution in [-0.4, -0.2) is 20.0 Å². The minimum Gasteiger partial charge on any atom is -0.378 e. The predicted octanol–water partition coefficient (Wildman–Crippen LogP) is 3.45. The van der Waals surface area contributed by atoms with Crippen molar-refractivity contribution in [2.24, 2.45) is 0 Å². The lowest BCUT2D eigenvalue weighted by molar-refractivity contribution is 0.102. The zero-order valence-corrected chi connectivity index (χ0v) is 11.8. The number of rotatable bonds is 3. The maximum Gasteiger partial charge on any atom is 0.255 e. The maximum absolute atomic E-state index is 13.0. The zero-order chi connectivity index (χ0) is 14.7. The number of aryl methyl sites for hydroxylation is 1. The van der Waals surface area contributed by atoms with Crippen LogP contribution in [0.25, 0.3) is 0 Å². The molecule has 104 valence electrons. The fourth-order valence-corrected chi connectivity index (χ4v) is 1.92. The highest BCUT2D eigenvalue weighted by Crippen LogP contribution is 2.17. The third-order valence-corrected chi connectivity index (χ3v) is 3.07. The van der Waals surface area contributed by atoms with Gasteiger partial charge in [-0.2, -0.15) is 0 Å². The van der Waals surface area contributed by atoms with Crippen molar-refractivity contribution in [1.29, 1.82) is 0 Å². The number of carbonyl (C=O) groups excluding carboxylic acids is 1. The van der Waals surface area contributed by atoms with E-state index in [4.69, 9.17) is 0 Å². The van der Waals surface area contributed by atoms with E-state index in [-0.39, 0.29) is 11.7 Å². The van der Waals surface area contributed by atoms with Gasteiger partial charge in [0.05, 0.1) is 0 Å². The third kappa shape index (κ3) is 3.15. The molecule has 0 radical (unpaired) electrons. The lowest BCUT2D eigenvalue weighted by Gasteiger charge is -2.13. The highest BCUT2D eigenvalue weighted by Gasteiger charge is 2.10. The molecule has 0 aromatic heterocycles. The van der Waals surface area contributed by atoms with Crippen molar-refractivity contribution in [2.45, 2.75) is 6.92 Å². The van der Waals surface area contributed by atoms with Gasteiger partial charge >= 0.3 is 0 Å². The standard InChI is InChI=1S/C16H17FN2O/c1-11-10-12(17)4-9-15(11)16(20)18-13-5-7-14(8-6-13)19(2)3/h4-10H,1-3H3,(H,18,20). The number of benzene rings is 2. The second-order valence-electron chi connectivity index (χ2n) is 4.85. The van der Waals surface area contributed by atoms with Crippen molar-refractivity contribution in [2.75, 3.05) is 24.3 Å². The summed E-state index contributed by atoms with van der Waals surface area (Å²) in [6.07, 6.45) is 0. The number of amides is 1. The normalized spacial score (nSPS) is 10.2. The molecule has 0 bridgehead atoms. The third-order valence-electron chi connectivity index (χ3n) is 3.07. The minimum atomic E-state index is -0.339. The van der Waals surface area contributed by atoms with Gasteiger partial charge in [-0.15, -0.1) is 0 Å². The van der Waals surface area contributed by atoms with Gasteiger partial charge in [-0.3, -0.25) is 4.79 Å². The average Bonchev–Trinajstić information content (AvgIpc) is 2.39. The van der Waals surface area contributed by atoms with Crippen LogP contribution in [0.15, 0.2) is 42.5 Å². The molecule has 0 heterocycles. The van der Waals surface area contributed by atoms with E-state index in [1.165, 1.54) is 18.2 Å². The Bertz CT molecular complexity index is 621. The Morgan fingerprint density at radius 1 is 1.10 bits per heavy atom. The van der Waals surface area contributed by atoms with Crippen LogP contribution < -0.4 is 10.2 Å². The molecule has 2 rings (SSSR count). The van der Waals surface area contributed by atoms with Gasteiger partial charge in [0.2, 0.25) is 0 Å². The smallest absolute Gasteiger partial charge is 0.255 e. The zero-order valence-electron chi connectivity index (χ0n) is 11.8. The van der Waals surface area contributed by atoms with Gasteiger partial charge < -0.3 is 10.2 Å². The molecule has 0 aliphatic carbocycles.